The van der Waals surface area contributed by atoms with E-state index in [1.807, 2.05) is 32.9 Å². The van der Waals surface area contributed by atoms with Crippen LogP contribution in [0.15, 0.2) is 18.2 Å². The molecular weight excluding hydrogens is 292 g/mol. The zero-order valence-electron chi connectivity index (χ0n) is 14.8. The van der Waals surface area contributed by atoms with Crippen molar-refractivity contribution < 1.29 is 14.3 Å². The van der Waals surface area contributed by atoms with E-state index in [1.54, 1.807) is 12.0 Å². The molecule has 1 aliphatic rings. The lowest BCUT2D eigenvalue weighted by Gasteiger charge is -2.34. The number of hydrogen-bond donors (Lipinski definition) is 1. The topological polar surface area (TPSA) is 50.8 Å². The highest BCUT2D eigenvalue weighted by Gasteiger charge is 2.26. The second kappa shape index (κ2) is 7.11. The molecule has 0 atom stereocenters. The van der Waals surface area contributed by atoms with E-state index in [2.05, 4.69) is 18.3 Å². The van der Waals surface area contributed by atoms with Crippen molar-refractivity contribution >= 4 is 11.8 Å². The van der Waals surface area contributed by atoms with Crippen LogP contribution in [0.1, 0.15) is 39.2 Å². The largest absolute Gasteiger partial charge is 0.497 e. The van der Waals surface area contributed by atoms with Crippen molar-refractivity contribution in [2.24, 2.45) is 0 Å². The van der Waals surface area contributed by atoms with Crippen molar-refractivity contribution in [3.8, 4) is 5.75 Å². The lowest BCUT2D eigenvalue weighted by atomic mass is 10.0. The van der Waals surface area contributed by atoms with Crippen LogP contribution >= 0.6 is 0 Å². The number of carbonyl (C=O) groups excluding carboxylic acids is 1. The molecule has 0 aromatic heterocycles. The van der Waals surface area contributed by atoms with Crippen molar-refractivity contribution in [2.45, 2.75) is 52.2 Å². The van der Waals surface area contributed by atoms with Gasteiger partial charge in [0.15, 0.2) is 0 Å². The number of nitrogens with zero attached hydrogens (tertiary/aromatic N) is 1. The second-order valence-electron chi connectivity index (χ2n) is 7.07. The number of hydrogen-bond acceptors (Lipinski definition) is 4. The Hall–Kier alpha value is -1.91. The number of methoxy groups -OCH3 is 1. The molecular formula is C18H28N2O3. The Morgan fingerprint density at radius 3 is 2.43 bits per heavy atom. The molecule has 1 aliphatic heterocycles. The molecule has 2 rings (SSSR count). The van der Waals surface area contributed by atoms with Crippen molar-refractivity contribution in [1.82, 2.24) is 4.90 Å². The molecule has 128 valence electrons. The summed E-state index contributed by atoms with van der Waals surface area (Å²) >= 11 is 0. The van der Waals surface area contributed by atoms with Gasteiger partial charge in [-0.05, 0) is 64.3 Å². The van der Waals surface area contributed by atoms with Crippen LogP contribution in [0.4, 0.5) is 10.5 Å². The number of ether oxygens (including phenoxy) is 2. The molecule has 1 amide bonds. The minimum Gasteiger partial charge on any atom is -0.497 e. The van der Waals surface area contributed by atoms with Crippen LogP contribution in [0.25, 0.3) is 0 Å². The summed E-state index contributed by atoms with van der Waals surface area (Å²) in [5, 5.41) is 3.57. The van der Waals surface area contributed by atoms with Crippen LogP contribution in [0.2, 0.25) is 0 Å². The summed E-state index contributed by atoms with van der Waals surface area (Å²) in [5.41, 5.74) is 1.85. The summed E-state index contributed by atoms with van der Waals surface area (Å²) in [6.45, 7) is 9.20. The Balaban J connectivity index is 1.86. The van der Waals surface area contributed by atoms with Crippen molar-refractivity contribution in [3.63, 3.8) is 0 Å². The predicted octanol–water partition coefficient (Wildman–Crippen LogP) is 3.82. The highest BCUT2D eigenvalue weighted by atomic mass is 16.6. The van der Waals surface area contributed by atoms with Gasteiger partial charge in [0.25, 0.3) is 0 Å². The van der Waals surface area contributed by atoms with Crippen LogP contribution in [-0.2, 0) is 4.74 Å². The van der Waals surface area contributed by atoms with Crippen molar-refractivity contribution in [2.75, 3.05) is 25.5 Å². The quantitative estimate of drug-likeness (QED) is 0.920. The van der Waals surface area contributed by atoms with E-state index in [-0.39, 0.29) is 6.09 Å². The average Bonchev–Trinajstić information content (AvgIpc) is 2.48. The van der Waals surface area contributed by atoms with E-state index < -0.39 is 5.60 Å². The maximum atomic E-state index is 12.1. The van der Waals surface area contributed by atoms with Gasteiger partial charge in [-0.3, -0.25) is 0 Å². The Morgan fingerprint density at radius 2 is 1.91 bits per heavy atom. The first-order chi connectivity index (χ1) is 10.8. The summed E-state index contributed by atoms with van der Waals surface area (Å²) in [6, 6.07) is 6.42. The van der Waals surface area contributed by atoms with E-state index in [4.69, 9.17) is 9.47 Å². The highest BCUT2D eigenvalue weighted by Crippen LogP contribution is 2.24. The van der Waals surface area contributed by atoms with Crippen molar-refractivity contribution in [1.29, 1.82) is 0 Å². The lowest BCUT2D eigenvalue weighted by Crippen LogP contribution is -2.44. The zero-order chi connectivity index (χ0) is 17.0. The minimum atomic E-state index is -0.438. The highest BCUT2D eigenvalue weighted by molar-refractivity contribution is 5.68. The Kier molecular flexibility index (Phi) is 5.39. The van der Waals surface area contributed by atoms with Gasteiger partial charge < -0.3 is 19.7 Å². The summed E-state index contributed by atoms with van der Waals surface area (Å²) in [4.78, 5) is 13.9. The van der Waals surface area contributed by atoms with Gasteiger partial charge in [0, 0.05) is 24.8 Å². The molecule has 0 bridgehead atoms. The van der Waals surface area contributed by atoms with Crippen LogP contribution < -0.4 is 10.1 Å². The van der Waals surface area contributed by atoms with Crippen molar-refractivity contribution in [3.05, 3.63) is 23.8 Å². The number of likely N-dealkylation sites (tertiary alicyclic amines) is 1. The molecule has 0 saturated carbocycles. The smallest absolute Gasteiger partial charge is 0.410 e. The fourth-order valence-corrected chi connectivity index (χ4v) is 2.68. The third kappa shape index (κ3) is 5.05. The fourth-order valence-electron chi connectivity index (χ4n) is 2.68. The third-order valence-corrected chi connectivity index (χ3v) is 3.94. The minimum absolute atomic E-state index is 0.212. The van der Waals surface area contributed by atoms with Gasteiger partial charge in [-0.1, -0.05) is 0 Å². The molecule has 0 radical (unpaired) electrons. The van der Waals surface area contributed by atoms with Crippen LogP contribution in [0.3, 0.4) is 0 Å². The molecule has 1 aromatic carbocycles. The van der Waals surface area contributed by atoms with E-state index >= 15 is 0 Å². The maximum Gasteiger partial charge on any atom is 0.410 e. The number of anilines is 1. The van der Waals surface area contributed by atoms with Crippen LogP contribution in [-0.4, -0.2) is 42.8 Å². The molecule has 1 N–H and O–H groups in total. The predicted molar refractivity (Wildman–Crippen MR) is 92.2 cm³/mol. The number of rotatable bonds is 3. The SMILES string of the molecule is COc1ccc(NC2CCN(C(=O)OC(C)(C)C)CC2)c(C)c1. The Labute approximate surface area is 139 Å². The second-order valence-corrected chi connectivity index (χ2v) is 7.07. The van der Waals surface area contributed by atoms with E-state index in [0.29, 0.717) is 6.04 Å². The molecule has 0 unspecified atom stereocenters. The molecule has 1 heterocycles. The molecule has 0 aliphatic carbocycles. The van der Waals surface area contributed by atoms with Gasteiger partial charge >= 0.3 is 6.09 Å². The number of carbonyl (C=O) groups is 1. The van der Waals surface area contributed by atoms with Gasteiger partial charge in [-0.2, -0.15) is 0 Å². The number of benzene rings is 1. The van der Waals surface area contributed by atoms with E-state index in [1.165, 1.54) is 5.56 Å². The first-order valence-corrected chi connectivity index (χ1v) is 8.17. The van der Waals surface area contributed by atoms with Gasteiger partial charge in [0.1, 0.15) is 11.4 Å². The lowest BCUT2D eigenvalue weighted by molar-refractivity contribution is 0.0210. The van der Waals surface area contributed by atoms with Gasteiger partial charge in [-0.15, -0.1) is 0 Å². The molecule has 1 fully saturated rings. The summed E-state index contributed by atoms with van der Waals surface area (Å²) in [6.07, 6.45) is 1.63. The fraction of sp³-hybridized carbons (Fsp3) is 0.611. The van der Waals surface area contributed by atoms with E-state index in [0.717, 1.165) is 37.4 Å². The van der Waals surface area contributed by atoms with E-state index in [9.17, 15) is 4.79 Å². The molecule has 1 saturated heterocycles. The summed E-state index contributed by atoms with van der Waals surface area (Å²) in [7, 11) is 1.67. The normalized spacial score (nSPS) is 16.1. The first kappa shape index (κ1) is 17.4. The Morgan fingerprint density at radius 1 is 1.26 bits per heavy atom. The standard InChI is InChI=1S/C18H28N2O3/c1-13-12-15(22-5)6-7-16(13)19-14-8-10-20(11-9-14)17(21)23-18(2,3)4/h6-7,12,14,19H,8-11H2,1-5H3. The first-order valence-electron chi connectivity index (χ1n) is 8.17. The number of aryl methyl sites for hydroxylation is 1. The third-order valence-electron chi connectivity index (χ3n) is 3.94. The van der Waals surface area contributed by atoms with Crippen LogP contribution in [0, 0.1) is 6.92 Å². The monoisotopic (exact) mass is 320 g/mol. The van der Waals surface area contributed by atoms with Gasteiger partial charge in [-0.25, -0.2) is 4.79 Å². The van der Waals surface area contributed by atoms with Gasteiger partial charge in [0.2, 0.25) is 0 Å². The summed E-state index contributed by atoms with van der Waals surface area (Å²) < 4.78 is 10.7. The maximum absolute atomic E-state index is 12.1. The average molecular weight is 320 g/mol. The number of piperidine rings is 1. The van der Waals surface area contributed by atoms with Crippen LogP contribution in [0.5, 0.6) is 5.75 Å². The molecule has 23 heavy (non-hydrogen) atoms. The van der Waals surface area contributed by atoms with Gasteiger partial charge in [0.05, 0.1) is 7.11 Å². The molecule has 5 heteroatoms. The molecule has 0 spiro atoms. The zero-order valence-corrected chi connectivity index (χ0v) is 14.8. The Bertz CT molecular complexity index is 544. The number of amides is 1. The molecule has 1 aromatic rings. The summed E-state index contributed by atoms with van der Waals surface area (Å²) in [5.74, 6) is 0.868. The number of nitrogens with one attached hydrogen (secondary N) is 1. The molecule has 5 nitrogen and oxygen atoms in total.